The molecule has 3 heterocycles. The van der Waals surface area contributed by atoms with E-state index in [1.807, 2.05) is 38.3 Å². The van der Waals surface area contributed by atoms with Crippen molar-refractivity contribution >= 4 is 39.6 Å². The summed E-state index contributed by atoms with van der Waals surface area (Å²) in [6.45, 7) is 7.12. The number of Topliss-reactive ketones (excluding diaryl/α,β-unsaturated/α-hetero) is 1. The molecule has 0 bridgehead atoms. The Balaban J connectivity index is 1.73. The van der Waals surface area contributed by atoms with Gasteiger partial charge in [-0.3, -0.25) is 19.1 Å². The lowest BCUT2D eigenvalue weighted by Gasteiger charge is -2.20. The molecule has 8 nitrogen and oxygen atoms in total. The van der Waals surface area contributed by atoms with Gasteiger partial charge in [0.1, 0.15) is 17.8 Å². The highest BCUT2D eigenvalue weighted by molar-refractivity contribution is 7.13. The summed E-state index contributed by atoms with van der Waals surface area (Å²) in [5, 5.41) is 14.3. The maximum absolute atomic E-state index is 13.3. The van der Waals surface area contributed by atoms with Gasteiger partial charge in [-0.15, -0.1) is 11.3 Å². The van der Waals surface area contributed by atoms with Crippen molar-refractivity contribution in [2.75, 3.05) is 5.32 Å². The van der Waals surface area contributed by atoms with Gasteiger partial charge in [0, 0.05) is 11.3 Å². The summed E-state index contributed by atoms with van der Waals surface area (Å²) < 4.78 is 2.86. The standard InChI is InChI=1S/C23H23N5O3S/c1-14(29)15-7-9-16(10-8-15)25-19(30)13-27-22(31)21-17(12-24-28(21)23(2,3)4)20(26-27)18-6-5-11-32-18/h5-12H,13H2,1-4H3,(H,25,30). The number of hydrogen-bond acceptors (Lipinski definition) is 6. The molecule has 0 aliphatic heterocycles. The second-order valence-electron chi connectivity index (χ2n) is 8.46. The van der Waals surface area contributed by atoms with Gasteiger partial charge in [0.15, 0.2) is 5.78 Å². The number of benzene rings is 1. The molecule has 1 N–H and O–H groups in total. The predicted octanol–water partition coefficient (Wildman–Crippen LogP) is 3.92. The second kappa shape index (κ2) is 8.16. The molecule has 1 amide bonds. The Morgan fingerprint density at radius 2 is 1.84 bits per heavy atom. The highest BCUT2D eigenvalue weighted by atomic mass is 32.1. The van der Waals surface area contributed by atoms with Gasteiger partial charge in [-0.05, 0) is 63.4 Å². The molecule has 0 saturated heterocycles. The summed E-state index contributed by atoms with van der Waals surface area (Å²) in [6, 6.07) is 10.4. The minimum absolute atomic E-state index is 0.0523. The number of anilines is 1. The summed E-state index contributed by atoms with van der Waals surface area (Å²) in [4.78, 5) is 38.3. The number of carbonyl (C=O) groups is 2. The smallest absolute Gasteiger partial charge is 0.293 e. The molecule has 4 aromatic rings. The second-order valence-corrected chi connectivity index (χ2v) is 9.41. The fourth-order valence-corrected chi connectivity index (χ4v) is 4.13. The summed E-state index contributed by atoms with van der Waals surface area (Å²) in [7, 11) is 0. The maximum atomic E-state index is 13.3. The Labute approximate surface area is 188 Å². The Morgan fingerprint density at radius 3 is 2.44 bits per heavy atom. The third-order valence-corrected chi connectivity index (χ3v) is 5.82. The predicted molar refractivity (Wildman–Crippen MR) is 125 cm³/mol. The molecule has 0 unspecified atom stereocenters. The Hall–Kier alpha value is -3.59. The van der Waals surface area contributed by atoms with E-state index in [1.165, 1.54) is 22.9 Å². The molecule has 4 rings (SSSR count). The third kappa shape index (κ3) is 4.11. The summed E-state index contributed by atoms with van der Waals surface area (Å²) in [5.74, 6) is -0.447. The van der Waals surface area contributed by atoms with E-state index >= 15 is 0 Å². The number of rotatable bonds is 5. The van der Waals surface area contributed by atoms with Crippen LogP contribution >= 0.6 is 11.3 Å². The van der Waals surface area contributed by atoms with Gasteiger partial charge >= 0.3 is 0 Å². The zero-order valence-corrected chi connectivity index (χ0v) is 19.1. The molecule has 0 radical (unpaired) electrons. The molecule has 0 aliphatic rings. The van der Waals surface area contributed by atoms with Crippen LogP contribution in [-0.2, 0) is 16.9 Å². The van der Waals surface area contributed by atoms with Gasteiger partial charge in [-0.1, -0.05) is 6.07 Å². The van der Waals surface area contributed by atoms with Crippen LogP contribution in [0.15, 0.2) is 52.8 Å². The first kappa shape index (κ1) is 21.6. The van der Waals surface area contributed by atoms with E-state index in [4.69, 9.17) is 0 Å². The van der Waals surface area contributed by atoms with Crippen molar-refractivity contribution in [1.82, 2.24) is 19.6 Å². The molecule has 0 saturated carbocycles. The molecule has 32 heavy (non-hydrogen) atoms. The average Bonchev–Trinajstić information content (AvgIpc) is 3.40. The fraction of sp³-hybridized carbons (Fsp3) is 0.261. The van der Waals surface area contributed by atoms with Crippen LogP contribution in [0.3, 0.4) is 0 Å². The molecular formula is C23H23N5O3S. The van der Waals surface area contributed by atoms with Crippen molar-refractivity contribution in [2.24, 2.45) is 0 Å². The lowest BCUT2D eigenvalue weighted by molar-refractivity contribution is -0.117. The van der Waals surface area contributed by atoms with Gasteiger partial charge in [0.05, 0.1) is 22.0 Å². The Bertz CT molecular complexity index is 1360. The van der Waals surface area contributed by atoms with Gasteiger partial charge in [-0.25, -0.2) is 4.68 Å². The van der Waals surface area contributed by atoms with Crippen molar-refractivity contribution in [3.05, 3.63) is 63.9 Å². The molecule has 9 heteroatoms. The molecule has 0 spiro atoms. The van der Waals surface area contributed by atoms with E-state index in [2.05, 4.69) is 15.5 Å². The van der Waals surface area contributed by atoms with Crippen LogP contribution in [0.2, 0.25) is 0 Å². The van der Waals surface area contributed by atoms with E-state index in [0.717, 1.165) is 4.88 Å². The highest BCUT2D eigenvalue weighted by Crippen LogP contribution is 2.30. The monoisotopic (exact) mass is 449 g/mol. The van der Waals surface area contributed by atoms with E-state index in [-0.39, 0.29) is 17.9 Å². The van der Waals surface area contributed by atoms with Gasteiger partial charge in [0.2, 0.25) is 5.91 Å². The number of carbonyl (C=O) groups excluding carboxylic acids is 2. The Morgan fingerprint density at radius 1 is 1.12 bits per heavy atom. The maximum Gasteiger partial charge on any atom is 0.293 e. The number of amides is 1. The van der Waals surface area contributed by atoms with E-state index in [0.29, 0.717) is 27.8 Å². The first-order valence-electron chi connectivity index (χ1n) is 10.1. The SMILES string of the molecule is CC(=O)c1ccc(NC(=O)Cn2nc(-c3cccs3)c3cnn(C(C)(C)C)c3c2=O)cc1. The third-order valence-electron chi connectivity index (χ3n) is 4.94. The normalized spacial score (nSPS) is 11.6. The van der Waals surface area contributed by atoms with E-state index < -0.39 is 11.4 Å². The van der Waals surface area contributed by atoms with Gasteiger partial charge in [-0.2, -0.15) is 10.2 Å². The van der Waals surface area contributed by atoms with Crippen LogP contribution in [0, 0.1) is 0 Å². The molecule has 3 aromatic heterocycles. The number of fused-ring (bicyclic) bond motifs is 1. The van der Waals surface area contributed by atoms with E-state index in [9.17, 15) is 14.4 Å². The van der Waals surface area contributed by atoms with Crippen LogP contribution in [0.5, 0.6) is 0 Å². The number of nitrogens with one attached hydrogen (secondary N) is 1. The zero-order chi connectivity index (χ0) is 23.0. The minimum Gasteiger partial charge on any atom is -0.324 e. The number of ketones is 1. The van der Waals surface area contributed by atoms with Crippen molar-refractivity contribution in [2.45, 2.75) is 39.8 Å². The van der Waals surface area contributed by atoms with Crippen LogP contribution < -0.4 is 10.9 Å². The quantitative estimate of drug-likeness (QED) is 0.466. The summed E-state index contributed by atoms with van der Waals surface area (Å²) >= 11 is 1.50. The summed E-state index contributed by atoms with van der Waals surface area (Å²) in [6.07, 6.45) is 1.66. The number of thiophene rings is 1. The lowest BCUT2D eigenvalue weighted by atomic mass is 10.1. The van der Waals surface area contributed by atoms with Crippen LogP contribution in [0.25, 0.3) is 21.5 Å². The molecular weight excluding hydrogens is 426 g/mol. The largest absolute Gasteiger partial charge is 0.324 e. The van der Waals surface area contributed by atoms with Gasteiger partial charge in [0.25, 0.3) is 5.56 Å². The van der Waals surface area contributed by atoms with E-state index in [1.54, 1.807) is 35.1 Å². The number of nitrogens with zero attached hydrogens (tertiary/aromatic N) is 4. The van der Waals surface area contributed by atoms with Crippen molar-refractivity contribution < 1.29 is 9.59 Å². The Kier molecular flexibility index (Phi) is 5.52. The average molecular weight is 450 g/mol. The number of aromatic nitrogens is 4. The topological polar surface area (TPSA) is 98.9 Å². The van der Waals surface area contributed by atoms with Crippen molar-refractivity contribution in [3.63, 3.8) is 0 Å². The van der Waals surface area contributed by atoms with Crippen molar-refractivity contribution in [3.8, 4) is 10.6 Å². The first-order valence-corrected chi connectivity index (χ1v) is 11.0. The first-order chi connectivity index (χ1) is 15.1. The van der Waals surface area contributed by atoms with Crippen LogP contribution in [0.4, 0.5) is 5.69 Å². The molecule has 0 aliphatic carbocycles. The molecule has 0 atom stereocenters. The number of hydrogen-bond donors (Lipinski definition) is 1. The molecule has 164 valence electrons. The minimum atomic E-state index is -0.423. The fourth-order valence-electron chi connectivity index (χ4n) is 3.41. The van der Waals surface area contributed by atoms with Crippen LogP contribution in [0.1, 0.15) is 38.1 Å². The van der Waals surface area contributed by atoms with Gasteiger partial charge < -0.3 is 5.32 Å². The van der Waals surface area contributed by atoms with Crippen molar-refractivity contribution in [1.29, 1.82) is 0 Å². The molecule has 1 aromatic carbocycles. The van der Waals surface area contributed by atoms with Crippen LogP contribution in [-0.4, -0.2) is 31.3 Å². The molecule has 0 fully saturated rings. The lowest BCUT2D eigenvalue weighted by Crippen LogP contribution is -2.33. The summed E-state index contributed by atoms with van der Waals surface area (Å²) in [5.41, 5.74) is 1.32. The zero-order valence-electron chi connectivity index (χ0n) is 18.2. The highest BCUT2D eigenvalue weighted by Gasteiger charge is 2.24.